The van der Waals surface area contributed by atoms with E-state index in [9.17, 15) is 4.79 Å². The summed E-state index contributed by atoms with van der Waals surface area (Å²) in [5.74, 6) is 0.508. The number of hydrogen-bond acceptors (Lipinski definition) is 3. The fraction of sp³-hybridized carbons (Fsp3) is 0.231. The van der Waals surface area contributed by atoms with E-state index in [0.29, 0.717) is 17.9 Å². The highest BCUT2D eigenvalue weighted by molar-refractivity contribution is 6.11. The third-order valence-electron chi connectivity index (χ3n) is 5.37. The first-order valence-corrected chi connectivity index (χ1v) is 10.4. The minimum Gasteiger partial charge on any atom is -0.497 e. The zero-order valence-electron chi connectivity index (χ0n) is 18.3. The number of nitrogens with zero attached hydrogens (tertiary/aromatic N) is 2. The van der Waals surface area contributed by atoms with Crippen molar-refractivity contribution in [2.24, 2.45) is 0 Å². The highest BCUT2D eigenvalue weighted by Gasteiger charge is 2.18. The second-order valence-electron chi connectivity index (χ2n) is 8.65. The van der Waals surface area contributed by atoms with E-state index >= 15 is 0 Å². The van der Waals surface area contributed by atoms with Crippen LogP contribution in [0.15, 0.2) is 72.8 Å². The molecule has 0 saturated carbocycles. The summed E-state index contributed by atoms with van der Waals surface area (Å²) in [6.45, 7) is 7.21. The van der Waals surface area contributed by atoms with Crippen LogP contribution in [0.5, 0.6) is 5.75 Å². The van der Waals surface area contributed by atoms with E-state index in [2.05, 4.69) is 55.5 Å². The summed E-state index contributed by atoms with van der Waals surface area (Å²) in [7, 11) is 1.61. The van der Waals surface area contributed by atoms with Crippen LogP contribution < -0.4 is 10.1 Å². The first-order chi connectivity index (χ1) is 14.8. The van der Waals surface area contributed by atoms with Gasteiger partial charge in [0.05, 0.1) is 19.2 Å². The van der Waals surface area contributed by atoms with Gasteiger partial charge in [-0.25, -0.2) is 0 Å². The lowest BCUT2D eigenvalue weighted by molar-refractivity contribution is 0.102. The summed E-state index contributed by atoms with van der Waals surface area (Å²) >= 11 is 0. The smallest absolute Gasteiger partial charge is 0.276 e. The molecular formula is C26H27N3O2. The number of para-hydroxylation sites is 1. The number of aromatic nitrogens is 2. The molecule has 3 aromatic carbocycles. The van der Waals surface area contributed by atoms with Crippen LogP contribution in [0.2, 0.25) is 0 Å². The quantitative estimate of drug-likeness (QED) is 0.460. The van der Waals surface area contributed by atoms with Crippen molar-refractivity contribution in [1.82, 2.24) is 9.78 Å². The minimum absolute atomic E-state index is 0.115. The van der Waals surface area contributed by atoms with Gasteiger partial charge in [0.25, 0.3) is 5.91 Å². The lowest BCUT2D eigenvalue weighted by Gasteiger charge is -2.19. The van der Waals surface area contributed by atoms with E-state index < -0.39 is 0 Å². The number of nitrogens with one attached hydrogen (secondary N) is 1. The Morgan fingerprint density at radius 1 is 0.968 bits per heavy atom. The molecule has 5 nitrogen and oxygen atoms in total. The van der Waals surface area contributed by atoms with Gasteiger partial charge in [0.2, 0.25) is 0 Å². The van der Waals surface area contributed by atoms with E-state index in [0.717, 1.165) is 22.2 Å². The van der Waals surface area contributed by atoms with Gasteiger partial charge in [0, 0.05) is 11.1 Å². The predicted molar refractivity (Wildman–Crippen MR) is 125 cm³/mol. The molecular weight excluding hydrogens is 386 g/mol. The Bertz CT molecular complexity index is 1200. The molecule has 1 heterocycles. The van der Waals surface area contributed by atoms with Crippen LogP contribution in [-0.4, -0.2) is 22.8 Å². The molecule has 0 radical (unpaired) electrons. The maximum atomic E-state index is 13.0. The van der Waals surface area contributed by atoms with E-state index in [1.54, 1.807) is 7.11 Å². The summed E-state index contributed by atoms with van der Waals surface area (Å²) in [6.07, 6.45) is 0. The third-order valence-corrected chi connectivity index (χ3v) is 5.37. The van der Waals surface area contributed by atoms with Gasteiger partial charge in [-0.3, -0.25) is 9.48 Å². The lowest BCUT2D eigenvalue weighted by Crippen LogP contribution is -2.14. The van der Waals surface area contributed by atoms with Crippen LogP contribution in [-0.2, 0) is 12.0 Å². The number of benzene rings is 3. The van der Waals surface area contributed by atoms with E-state index in [1.807, 2.05) is 53.2 Å². The summed E-state index contributed by atoms with van der Waals surface area (Å²) in [6, 6.07) is 23.7. The van der Waals surface area contributed by atoms with Crippen LogP contribution in [0.4, 0.5) is 5.69 Å². The number of rotatable bonds is 5. The molecule has 31 heavy (non-hydrogen) atoms. The topological polar surface area (TPSA) is 56.1 Å². The van der Waals surface area contributed by atoms with Gasteiger partial charge in [-0.2, -0.15) is 5.10 Å². The van der Waals surface area contributed by atoms with Gasteiger partial charge in [-0.05, 0) is 46.9 Å². The molecule has 1 amide bonds. The SMILES string of the molecule is COc1ccc(NC(=O)c2nn(Cc3ccc(C(C)(C)C)cc3)c3ccccc23)cc1. The van der Waals surface area contributed by atoms with Crippen molar-refractivity contribution in [3.05, 3.63) is 89.6 Å². The molecule has 158 valence electrons. The molecule has 1 aromatic heterocycles. The Hall–Kier alpha value is -3.60. The van der Waals surface area contributed by atoms with E-state index in [1.165, 1.54) is 5.56 Å². The maximum absolute atomic E-state index is 13.0. The van der Waals surface area contributed by atoms with Crippen molar-refractivity contribution < 1.29 is 9.53 Å². The molecule has 0 unspecified atom stereocenters. The van der Waals surface area contributed by atoms with Crippen molar-refractivity contribution >= 4 is 22.5 Å². The normalized spacial score (nSPS) is 11.5. The van der Waals surface area contributed by atoms with Crippen molar-refractivity contribution in [3.8, 4) is 5.75 Å². The fourth-order valence-corrected chi connectivity index (χ4v) is 3.56. The number of carbonyl (C=O) groups is 1. The average Bonchev–Trinajstić information content (AvgIpc) is 3.13. The van der Waals surface area contributed by atoms with Gasteiger partial charge < -0.3 is 10.1 Å². The maximum Gasteiger partial charge on any atom is 0.276 e. The molecule has 4 rings (SSSR count). The van der Waals surface area contributed by atoms with E-state index in [-0.39, 0.29) is 11.3 Å². The van der Waals surface area contributed by atoms with Crippen LogP contribution in [0, 0.1) is 0 Å². The Balaban J connectivity index is 1.61. The second kappa shape index (κ2) is 8.26. The Labute approximate surface area is 182 Å². The second-order valence-corrected chi connectivity index (χ2v) is 8.65. The fourth-order valence-electron chi connectivity index (χ4n) is 3.56. The summed E-state index contributed by atoms with van der Waals surface area (Å²) in [4.78, 5) is 13.0. The molecule has 0 bridgehead atoms. The predicted octanol–water partition coefficient (Wildman–Crippen LogP) is 5.64. The monoisotopic (exact) mass is 413 g/mol. The van der Waals surface area contributed by atoms with Crippen LogP contribution >= 0.6 is 0 Å². The highest BCUT2D eigenvalue weighted by atomic mass is 16.5. The third kappa shape index (κ3) is 4.45. The van der Waals surface area contributed by atoms with Crippen molar-refractivity contribution in [3.63, 3.8) is 0 Å². The number of methoxy groups -OCH3 is 1. The van der Waals surface area contributed by atoms with Gasteiger partial charge in [-0.15, -0.1) is 0 Å². The first kappa shape index (κ1) is 20.7. The number of fused-ring (bicyclic) bond motifs is 1. The number of carbonyl (C=O) groups excluding carboxylic acids is 1. The molecule has 0 fully saturated rings. The van der Waals surface area contributed by atoms with Crippen LogP contribution in [0.25, 0.3) is 10.9 Å². The number of hydrogen-bond donors (Lipinski definition) is 1. The zero-order chi connectivity index (χ0) is 22.0. The van der Waals surface area contributed by atoms with Crippen molar-refractivity contribution in [2.45, 2.75) is 32.7 Å². The first-order valence-electron chi connectivity index (χ1n) is 10.4. The largest absolute Gasteiger partial charge is 0.497 e. The zero-order valence-corrected chi connectivity index (χ0v) is 18.3. The minimum atomic E-state index is -0.233. The number of amides is 1. The molecule has 0 aliphatic carbocycles. The van der Waals surface area contributed by atoms with Crippen molar-refractivity contribution in [2.75, 3.05) is 12.4 Å². The number of ether oxygens (including phenoxy) is 1. The Morgan fingerprint density at radius 3 is 2.29 bits per heavy atom. The van der Waals surface area contributed by atoms with Gasteiger partial charge in [0.1, 0.15) is 5.75 Å². The average molecular weight is 414 g/mol. The molecule has 1 N–H and O–H groups in total. The van der Waals surface area contributed by atoms with Crippen LogP contribution in [0.3, 0.4) is 0 Å². The van der Waals surface area contributed by atoms with Gasteiger partial charge in [-0.1, -0.05) is 63.2 Å². The number of anilines is 1. The summed E-state index contributed by atoms with van der Waals surface area (Å²) in [5.41, 5.74) is 4.59. The Kier molecular flexibility index (Phi) is 5.51. The van der Waals surface area contributed by atoms with Gasteiger partial charge >= 0.3 is 0 Å². The molecule has 0 aliphatic heterocycles. The molecule has 5 heteroatoms. The van der Waals surface area contributed by atoms with E-state index in [4.69, 9.17) is 4.74 Å². The molecule has 0 aliphatic rings. The molecule has 4 aromatic rings. The highest BCUT2D eigenvalue weighted by Crippen LogP contribution is 2.24. The standard InChI is InChI=1S/C26H27N3O2/c1-26(2,3)19-11-9-18(10-12-19)17-29-23-8-6-5-7-22(23)24(28-29)25(30)27-20-13-15-21(31-4)16-14-20/h5-16H,17H2,1-4H3,(H,27,30). The van der Waals surface area contributed by atoms with Crippen LogP contribution in [0.1, 0.15) is 42.4 Å². The van der Waals surface area contributed by atoms with Crippen molar-refractivity contribution in [1.29, 1.82) is 0 Å². The molecule has 0 spiro atoms. The summed E-state index contributed by atoms with van der Waals surface area (Å²) in [5, 5.41) is 8.43. The lowest BCUT2D eigenvalue weighted by atomic mass is 9.87. The molecule has 0 saturated heterocycles. The summed E-state index contributed by atoms with van der Waals surface area (Å²) < 4.78 is 7.07. The Morgan fingerprint density at radius 2 is 1.65 bits per heavy atom. The van der Waals surface area contributed by atoms with Gasteiger partial charge in [0.15, 0.2) is 5.69 Å². The molecule has 0 atom stereocenters.